The number of halogens is 1. The van der Waals surface area contributed by atoms with Crippen LogP contribution in [0, 0.1) is 0 Å². The first-order valence-electron chi connectivity index (χ1n) is 7.24. The molecule has 8 heteroatoms. The van der Waals surface area contributed by atoms with E-state index in [1.165, 1.54) is 4.31 Å². The first-order chi connectivity index (χ1) is 11.3. The van der Waals surface area contributed by atoms with Crippen LogP contribution < -0.4 is 5.32 Å². The first-order valence-corrected chi connectivity index (χ1v) is 9.46. The minimum Gasteiger partial charge on any atom is -0.326 e. The third-order valence-corrected chi connectivity index (χ3v) is 4.80. The summed E-state index contributed by atoms with van der Waals surface area (Å²) in [6.45, 7) is 0.302. The van der Waals surface area contributed by atoms with E-state index >= 15 is 0 Å². The summed E-state index contributed by atoms with van der Waals surface area (Å²) in [4.78, 5) is 15.9. The lowest BCUT2D eigenvalue weighted by Gasteiger charge is -2.19. The normalized spacial score (nSPS) is 11.5. The monoisotopic (exact) mass is 367 g/mol. The molecule has 128 valence electrons. The fourth-order valence-corrected chi connectivity index (χ4v) is 2.97. The van der Waals surface area contributed by atoms with Gasteiger partial charge in [0.05, 0.1) is 6.26 Å². The summed E-state index contributed by atoms with van der Waals surface area (Å²) < 4.78 is 25.1. The lowest BCUT2D eigenvalue weighted by atomic mass is 10.2. The zero-order valence-electron chi connectivity index (χ0n) is 13.1. The third kappa shape index (κ3) is 5.92. The maximum atomic E-state index is 12.0. The highest BCUT2D eigenvalue weighted by atomic mass is 35.5. The predicted octanol–water partition coefficient (Wildman–Crippen LogP) is 2.53. The van der Waals surface area contributed by atoms with Gasteiger partial charge in [-0.25, -0.2) is 8.42 Å². The molecule has 0 saturated heterocycles. The van der Waals surface area contributed by atoms with E-state index in [2.05, 4.69) is 10.3 Å². The lowest BCUT2D eigenvalue weighted by Crippen LogP contribution is -2.32. The number of hydrogen-bond acceptors (Lipinski definition) is 4. The second-order valence-electron chi connectivity index (χ2n) is 5.26. The molecule has 0 aliphatic rings. The Kier molecular flexibility index (Phi) is 6.30. The Labute approximate surface area is 146 Å². The van der Waals surface area contributed by atoms with Crippen molar-refractivity contribution in [1.82, 2.24) is 9.29 Å². The van der Waals surface area contributed by atoms with Gasteiger partial charge in [0.15, 0.2) is 0 Å². The highest BCUT2D eigenvalue weighted by Gasteiger charge is 2.18. The number of nitrogens with one attached hydrogen (secondary N) is 1. The Morgan fingerprint density at radius 1 is 1.17 bits per heavy atom. The van der Waals surface area contributed by atoms with Crippen LogP contribution in [0.15, 0.2) is 48.8 Å². The van der Waals surface area contributed by atoms with Gasteiger partial charge in [-0.05, 0) is 42.0 Å². The van der Waals surface area contributed by atoms with Crippen molar-refractivity contribution < 1.29 is 13.2 Å². The number of sulfonamides is 1. The number of amides is 1. The Balaban J connectivity index is 1.95. The number of carbonyl (C=O) groups is 1. The van der Waals surface area contributed by atoms with E-state index in [-0.39, 0.29) is 25.4 Å². The lowest BCUT2D eigenvalue weighted by molar-refractivity contribution is -0.116. The molecule has 0 saturated carbocycles. The van der Waals surface area contributed by atoms with Crippen molar-refractivity contribution in [2.75, 3.05) is 18.1 Å². The SMILES string of the molecule is CS(=O)(=O)N(CCC(=O)Nc1ccc(Cl)cc1)Cc1ccncc1. The van der Waals surface area contributed by atoms with Crippen molar-refractivity contribution in [2.24, 2.45) is 0 Å². The van der Waals surface area contributed by atoms with Gasteiger partial charge >= 0.3 is 0 Å². The van der Waals surface area contributed by atoms with E-state index in [0.717, 1.165) is 11.8 Å². The van der Waals surface area contributed by atoms with E-state index < -0.39 is 10.0 Å². The molecule has 1 aromatic carbocycles. The number of hydrogen-bond donors (Lipinski definition) is 1. The van der Waals surface area contributed by atoms with Crippen LogP contribution in [0.2, 0.25) is 5.02 Å². The zero-order chi connectivity index (χ0) is 17.6. The molecule has 0 aliphatic carbocycles. The molecule has 1 N–H and O–H groups in total. The number of anilines is 1. The highest BCUT2D eigenvalue weighted by Crippen LogP contribution is 2.14. The maximum Gasteiger partial charge on any atom is 0.225 e. The number of carbonyl (C=O) groups excluding carboxylic acids is 1. The molecule has 0 spiro atoms. The van der Waals surface area contributed by atoms with Crippen LogP contribution in [-0.2, 0) is 21.4 Å². The minimum absolute atomic E-state index is 0.0563. The molecule has 0 aliphatic heterocycles. The van der Waals surface area contributed by atoms with Gasteiger partial charge in [0.1, 0.15) is 0 Å². The van der Waals surface area contributed by atoms with Gasteiger partial charge < -0.3 is 5.32 Å². The fourth-order valence-electron chi connectivity index (χ4n) is 2.04. The van der Waals surface area contributed by atoms with E-state index in [1.54, 1.807) is 48.8 Å². The van der Waals surface area contributed by atoms with Gasteiger partial charge in [-0.1, -0.05) is 11.6 Å². The number of benzene rings is 1. The fraction of sp³-hybridized carbons (Fsp3) is 0.250. The molecular weight excluding hydrogens is 350 g/mol. The predicted molar refractivity (Wildman–Crippen MR) is 94.2 cm³/mol. The van der Waals surface area contributed by atoms with Crippen LogP contribution in [0.3, 0.4) is 0 Å². The molecule has 0 fully saturated rings. The van der Waals surface area contributed by atoms with E-state index in [4.69, 9.17) is 11.6 Å². The van der Waals surface area contributed by atoms with Crippen molar-refractivity contribution in [3.8, 4) is 0 Å². The van der Waals surface area contributed by atoms with Crippen LogP contribution in [0.5, 0.6) is 0 Å². The second-order valence-corrected chi connectivity index (χ2v) is 7.68. The molecule has 2 aromatic rings. The summed E-state index contributed by atoms with van der Waals surface area (Å²) in [7, 11) is -3.42. The van der Waals surface area contributed by atoms with Crippen molar-refractivity contribution in [1.29, 1.82) is 0 Å². The van der Waals surface area contributed by atoms with E-state index in [9.17, 15) is 13.2 Å². The molecule has 24 heavy (non-hydrogen) atoms. The van der Waals surface area contributed by atoms with Gasteiger partial charge in [-0.3, -0.25) is 9.78 Å². The Hall–Kier alpha value is -1.96. The van der Waals surface area contributed by atoms with E-state index in [1.807, 2.05) is 0 Å². The molecule has 0 atom stereocenters. The summed E-state index contributed by atoms with van der Waals surface area (Å²) in [5.74, 6) is -0.263. The van der Waals surface area contributed by atoms with Crippen LogP contribution in [0.4, 0.5) is 5.69 Å². The maximum absolute atomic E-state index is 12.0. The number of nitrogens with zero attached hydrogens (tertiary/aromatic N) is 2. The molecule has 6 nitrogen and oxygen atoms in total. The summed E-state index contributed by atoms with van der Waals surface area (Å²) in [5, 5.41) is 3.29. The Bertz CT molecular complexity index is 780. The Morgan fingerprint density at radius 2 is 1.79 bits per heavy atom. The average Bonchev–Trinajstić information content (AvgIpc) is 2.53. The average molecular weight is 368 g/mol. The minimum atomic E-state index is -3.42. The summed E-state index contributed by atoms with van der Waals surface area (Å²) >= 11 is 5.79. The smallest absolute Gasteiger partial charge is 0.225 e. The molecule has 0 unspecified atom stereocenters. The van der Waals surface area contributed by atoms with Crippen LogP contribution in [0.25, 0.3) is 0 Å². The summed E-state index contributed by atoms with van der Waals surface area (Å²) in [5.41, 5.74) is 1.43. The zero-order valence-corrected chi connectivity index (χ0v) is 14.7. The van der Waals surface area contributed by atoms with Gasteiger partial charge in [0.2, 0.25) is 15.9 Å². The van der Waals surface area contributed by atoms with Crippen LogP contribution in [-0.4, -0.2) is 36.4 Å². The summed E-state index contributed by atoms with van der Waals surface area (Å²) in [6.07, 6.45) is 4.39. The van der Waals surface area contributed by atoms with Gasteiger partial charge in [0, 0.05) is 42.6 Å². The van der Waals surface area contributed by atoms with Crippen molar-refractivity contribution in [3.05, 3.63) is 59.4 Å². The third-order valence-electron chi connectivity index (χ3n) is 3.29. The molecule has 1 amide bonds. The second kappa shape index (κ2) is 8.23. The number of aromatic nitrogens is 1. The topological polar surface area (TPSA) is 79.4 Å². The quantitative estimate of drug-likeness (QED) is 0.815. The van der Waals surface area contributed by atoms with Crippen molar-refractivity contribution in [2.45, 2.75) is 13.0 Å². The Morgan fingerprint density at radius 3 is 2.38 bits per heavy atom. The molecule has 0 radical (unpaired) electrons. The number of pyridine rings is 1. The molecule has 1 heterocycles. The highest BCUT2D eigenvalue weighted by molar-refractivity contribution is 7.88. The standard InChI is InChI=1S/C16H18ClN3O3S/c1-24(22,23)20(12-13-6-9-18-10-7-13)11-8-16(21)19-15-4-2-14(17)3-5-15/h2-7,9-10H,8,11-12H2,1H3,(H,19,21). The number of rotatable bonds is 7. The molecule has 1 aromatic heterocycles. The summed E-state index contributed by atoms with van der Waals surface area (Å²) in [6, 6.07) is 10.2. The van der Waals surface area contributed by atoms with Gasteiger partial charge in [0.25, 0.3) is 0 Å². The van der Waals surface area contributed by atoms with Crippen LogP contribution >= 0.6 is 11.6 Å². The van der Waals surface area contributed by atoms with Gasteiger partial charge in [-0.15, -0.1) is 0 Å². The van der Waals surface area contributed by atoms with Crippen LogP contribution in [0.1, 0.15) is 12.0 Å². The first kappa shape index (κ1) is 18.4. The molecule has 2 rings (SSSR count). The van der Waals surface area contributed by atoms with Crippen molar-refractivity contribution in [3.63, 3.8) is 0 Å². The van der Waals surface area contributed by atoms with E-state index in [0.29, 0.717) is 10.7 Å². The largest absolute Gasteiger partial charge is 0.326 e. The van der Waals surface area contributed by atoms with Crippen molar-refractivity contribution >= 4 is 33.2 Å². The molecular formula is C16H18ClN3O3S. The molecule has 0 bridgehead atoms. The van der Waals surface area contributed by atoms with Gasteiger partial charge in [-0.2, -0.15) is 4.31 Å².